The molecule has 24 heavy (non-hydrogen) atoms. The Morgan fingerprint density at radius 2 is 1.79 bits per heavy atom. The molecule has 0 bridgehead atoms. The number of esters is 1. The van der Waals surface area contributed by atoms with Crippen LogP contribution < -0.4 is 20.9 Å². The summed E-state index contributed by atoms with van der Waals surface area (Å²) in [5.74, 6) is 0.173. The Bertz CT molecular complexity index is 695. The summed E-state index contributed by atoms with van der Waals surface area (Å²) < 4.78 is 27.7. The SMILES string of the molecule is N=C(N)NCC1CCC(C(=O)Oc2ccc(S(N)(=O)=O)cc2)CC1. The van der Waals surface area contributed by atoms with Crippen molar-refractivity contribution < 1.29 is 17.9 Å². The monoisotopic (exact) mass is 354 g/mol. The molecule has 0 spiro atoms. The number of nitrogens with two attached hydrogens (primary N) is 2. The van der Waals surface area contributed by atoms with Crippen molar-refractivity contribution in [1.29, 1.82) is 5.41 Å². The van der Waals surface area contributed by atoms with Crippen molar-refractivity contribution in [2.75, 3.05) is 6.54 Å². The average Bonchev–Trinajstić information content (AvgIpc) is 2.53. The van der Waals surface area contributed by atoms with Crippen molar-refractivity contribution >= 4 is 22.0 Å². The van der Waals surface area contributed by atoms with Crippen LogP contribution in [0.5, 0.6) is 5.75 Å². The van der Waals surface area contributed by atoms with Gasteiger partial charge in [0, 0.05) is 6.54 Å². The molecule has 1 aromatic carbocycles. The van der Waals surface area contributed by atoms with Crippen LogP contribution in [0, 0.1) is 17.2 Å². The molecule has 1 aliphatic rings. The highest BCUT2D eigenvalue weighted by atomic mass is 32.2. The van der Waals surface area contributed by atoms with Crippen molar-refractivity contribution in [3.63, 3.8) is 0 Å². The smallest absolute Gasteiger partial charge is 0.314 e. The number of hydrogen-bond acceptors (Lipinski definition) is 5. The quantitative estimate of drug-likeness (QED) is 0.262. The predicted molar refractivity (Wildman–Crippen MR) is 88.8 cm³/mol. The highest BCUT2D eigenvalue weighted by molar-refractivity contribution is 7.89. The third-order valence-corrected chi connectivity index (χ3v) is 5.06. The molecular formula is C15H22N4O4S. The second-order valence-corrected chi connectivity index (χ2v) is 7.51. The van der Waals surface area contributed by atoms with Gasteiger partial charge in [0.1, 0.15) is 5.75 Å². The summed E-state index contributed by atoms with van der Waals surface area (Å²) in [4.78, 5) is 12.2. The fourth-order valence-electron chi connectivity index (χ4n) is 2.75. The van der Waals surface area contributed by atoms with Gasteiger partial charge in [0.25, 0.3) is 0 Å². The van der Waals surface area contributed by atoms with Crippen molar-refractivity contribution in [3.8, 4) is 5.75 Å². The number of hydrogen-bond donors (Lipinski definition) is 4. The Kier molecular flexibility index (Phi) is 5.79. The maximum atomic E-state index is 12.2. The van der Waals surface area contributed by atoms with E-state index in [9.17, 15) is 13.2 Å². The van der Waals surface area contributed by atoms with Crippen molar-refractivity contribution in [2.45, 2.75) is 30.6 Å². The van der Waals surface area contributed by atoms with Gasteiger partial charge in [-0.25, -0.2) is 13.6 Å². The third kappa shape index (κ3) is 5.20. The summed E-state index contributed by atoms with van der Waals surface area (Å²) in [7, 11) is -3.76. The molecule has 0 radical (unpaired) electrons. The Labute approximate surface area is 141 Å². The van der Waals surface area contributed by atoms with E-state index in [-0.39, 0.29) is 22.7 Å². The number of guanidine groups is 1. The highest BCUT2D eigenvalue weighted by Gasteiger charge is 2.27. The first-order valence-electron chi connectivity index (χ1n) is 7.68. The number of ether oxygens (including phenoxy) is 1. The largest absolute Gasteiger partial charge is 0.426 e. The van der Waals surface area contributed by atoms with Crippen LogP contribution >= 0.6 is 0 Å². The van der Waals surface area contributed by atoms with Crippen molar-refractivity contribution in [3.05, 3.63) is 24.3 Å². The van der Waals surface area contributed by atoms with Gasteiger partial charge in [0.2, 0.25) is 10.0 Å². The van der Waals surface area contributed by atoms with Gasteiger partial charge in [-0.05, 0) is 55.9 Å². The molecule has 0 saturated heterocycles. The first-order chi connectivity index (χ1) is 11.3. The first kappa shape index (κ1) is 18.2. The molecule has 1 aromatic rings. The number of sulfonamides is 1. The topological polar surface area (TPSA) is 148 Å². The van der Waals surface area contributed by atoms with Crippen LogP contribution in [0.15, 0.2) is 29.2 Å². The average molecular weight is 354 g/mol. The van der Waals surface area contributed by atoms with Crippen LogP contribution in [0.3, 0.4) is 0 Å². The number of carbonyl (C=O) groups is 1. The lowest BCUT2D eigenvalue weighted by atomic mass is 9.82. The maximum absolute atomic E-state index is 12.2. The minimum absolute atomic E-state index is 0.0271. The van der Waals surface area contributed by atoms with E-state index in [2.05, 4.69) is 5.32 Å². The third-order valence-electron chi connectivity index (χ3n) is 4.13. The van der Waals surface area contributed by atoms with Gasteiger partial charge in [-0.15, -0.1) is 0 Å². The summed E-state index contributed by atoms with van der Waals surface area (Å²) >= 11 is 0. The molecular weight excluding hydrogens is 332 g/mol. The first-order valence-corrected chi connectivity index (χ1v) is 9.23. The van der Waals surface area contributed by atoms with Gasteiger partial charge < -0.3 is 15.8 Å². The Hall–Kier alpha value is -2.13. The molecule has 0 aliphatic heterocycles. The predicted octanol–water partition coefficient (Wildman–Crippen LogP) is 0.529. The summed E-state index contributed by atoms with van der Waals surface area (Å²) in [6.07, 6.45) is 3.17. The zero-order valence-electron chi connectivity index (χ0n) is 13.2. The molecule has 0 atom stereocenters. The van der Waals surface area contributed by atoms with E-state index >= 15 is 0 Å². The minimum atomic E-state index is -3.76. The number of nitrogens with one attached hydrogen (secondary N) is 2. The lowest BCUT2D eigenvalue weighted by Gasteiger charge is -2.27. The molecule has 1 saturated carbocycles. The van der Waals surface area contributed by atoms with Gasteiger partial charge >= 0.3 is 5.97 Å². The van der Waals surface area contributed by atoms with E-state index in [4.69, 9.17) is 21.0 Å². The molecule has 0 heterocycles. The number of rotatable bonds is 5. The normalized spacial score (nSPS) is 21.0. The second kappa shape index (κ2) is 7.63. The molecule has 0 amide bonds. The van der Waals surface area contributed by atoms with Crippen molar-refractivity contribution in [1.82, 2.24) is 5.32 Å². The van der Waals surface area contributed by atoms with Crippen LogP contribution in [0.4, 0.5) is 0 Å². The zero-order valence-corrected chi connectivity index (χ0v) is 14.0. The maximum Gasteiger partial charge on any atom is 0.314 e. The molecule has 132 valence electrons. The summed E-state index contributed by atoms with van der Waals surface area (Å²) in [6.45, 7) is 0.645. The van der Waals surface area contributed by atoms with E-state index < -0.39 is 10.0 Å². The number of carbonyl (C=O) groups excluding carboxylic acids is 1. The van der Waals surface area contributed by atoms with Crippen LogP contribution in [0.25, 0.3) is 0 Å². The van der Waals surface area contributed by atoms with E-state index in [1.165, 1.54) is 24.3 Å². The molecule has 0 aromatic heterocycles. The van der Waals surface area contributed by atoms with Gasteiger partial charge in [-0.3, -0.25) is 10.2 Å². The van der Waals surface area contributed by atoms with Crippen LogP contribution in [-0.2, 0) is 14.8 Å². The molecule has 0 unspecified atom stereocenters. The molecule has 6 N–H and O–H groups in total. The highest BCUT2D eigenvalue weighted by Crippen LogP contribution is 2.29. The molecule has 1 aliphatic carbocycles. The van der Waals surface area contributed by atoms with Crippen molar-refractivity contribution in [2.24, 2.45) is 22.7 Å². The van der Waals surface area contributed by atoms with E-state index in [0.29, 0.717) is 18.2 Å². The Balaban J connectivity index is 1.84. The van der Waals surface area contributed by atoms with Crippen LogP contribution in [-0.4, -0.2) is 26.9 Å². The Morgan fingerprint density at radius 3 is 2.29 bits per heavy atom. The molecule has 2 rings (SSSR count). The minimum Gasteiger partial charge on any atom is -0.426 e. The number of primary sulfonamides is 1. The lowest BCUT2D eigenvalue weighted by Crippen LogP contribution is -2.36. The molecule has 1 fully saturated rings. The second-order valence-electron chi connectivity index (χ2n) is 5.95. The van der Waals surface area contributed by atoms with E-state index in [1.807, 2.05) is 0 Å². The lowest BCUT2D eigenvalue weighted by molar-refractivity contribution is -0.140. The van der Waals surface area contributed by atoms with E-state index in [0.717, 1.165) is 25.7 Å². The summed E-state index contributed by atoms with van der Waals surface area (Å²) in [5.41, 5.74) is 5.26. The van der Waals surface area contributed by atoms with Crippen LogP contribution in [0.2, 0.25) is 0 Å². The molecule has 9 heteroatoms. The van der Waals surface area contributed by atoms with Crippen LogP contribution in [0.1, 0.15) is 25.7 Å². The van der Waals surface area contributed by atoms with Gasteiger partial charge in [0.05, 0.1) is 10.8 Å². The Morgan fingerprint density at radius 1 is 1.21 bits per heavy atom. The summed E-state index contributed by atoms with van der Waals surface area (Å²) in [5, 5.41) is 15.0. The fraction of sp³-hybridized carbons (Fsp3) is 0.467. The van der Waals surface area contributed by atoms with Gasteiger partial charge in [0.15, 0.2) is 5.96 Å². The fourth-order valence-corrected chi connectivity index (χ4v) is 3.27. The van der Waals surface area contributed by atoms with Gasteiger partial charge in [-0.1, -0.05) is 0 Å². The molecule has 8 nitrogen and oxygen atoms in total. The zero-order chi connectivity index (χ0) is 17.7. The standard InChI is InChI=1S/C15H22N4O4S/c16-15(17)19-9-10-1-3-11(4-2-10)14(20)23-12-5-7-13(8-6-12)24(18,21)22/h5-8,10-11H,1-4,9H2,(H4,16,17,19)(H2,18,21,22). The number of benzene rings is 1. The van der Waals surface area contributed by atoms with Gasteiger partial charge in [-0.2, -0.15) is 0 Å². The van der Waals surface area contributed by atoms with E-state index in [1.54, 1.807) is 0 Å². The summed E-state index contributed by atoms with van der Waals surface area (Å²) in [6, 6.07) is 5.45.